The Labute approximate surface area is 79.1 Å². The van der Waals surface area contributed by atoms with Crippen molar-refractivity contribution >= 4 is 0 Å². The Balaban J connectivity index is 0.000000145. The minimum Gasteiger partial charge on any atom is -0.353 e. The Morgan fingerprint density at radius 3 is 1.77 bits per heavy atom. The zero-order valence-corrected chi connectivity index (χ0v) is 8.38. The van der Waals surface area contributed by atoms with Gasteiger partial charge in [-0.2, -0.15) is 0 Å². The molecule has 2 rings (SSSR count). The molecule has 2 saturated heterocycles. The quantitative estimate of drug-likeness (QED) is 0.621. The molecule has 2 aliphatic rings. The lowest BCUT2D eigenvalue weighted by Gasteiger charge is -2.18. The van der Waals surface area contributed by atoms with Gasteiger partial charge in [-0.3, -0.25) is 0 Å². The summed E-state index contributed by atoms with van der Waals surface area (Å²) in [6.45, 7) is 7.60. The predicted octanol–water partition coefficient (Wildman–Crippen LogP) is 1.15. The fraction of sp³-hybridized carbons (Fsp3) is 1.00. The minimum absolute atomic E-state index is 0.264. The second kappa shape index (κ2) is 5.54. The van der Waals surface area contributed by atoms with E-state index in [0.29, 0.717) is 6.79 Å². The Bertz CT molecular complexity index is 120. The Morgan fingerprint density at radius 2 is 1.54 bits per heavy atom. The standard InChI is InChI=1S/C6H12O2.C3H6O2/c1-3-6(2)7-4-5-8-6;1-2-5-3-4-1/h3-5H2,1-2H3;1-3H2. The largest absolute Gasteiger partial charge is 0.353 e. The van der Waals surface area contributed by atoms with Crippen LogP contribution in [-0.2, 0) is 18.9 Å². The van der Waals surface area contributed by atoms with Crippen molar-refractivity contribution in [3.8, 4) is 0 Å². The molecule has 2 heterocycles. The van der Waals surface area contributed by atoms with Crippen molar-refractivity contribution in [1.29, 1.82) is 0 Å². The van der Waals surface area contributed by atoms with Crippen molar-refractivity contribution in [2.45, 2.75) is 26.1 Å². The number of hydrogen-bond donors (Lipinski definition) is 0. The smallest absolute Gasteiger partial charge is 0.165 e. The normalized spacial score (nSPS) is 25.4. The summed E-state index contributed by atoms with van der Waals surface area (Å²) in [5.74, 6) is -0.264. The van der Waals surface area contributed by atoms with Crippen molar-refractivity contribution in [2.75, 3.05) is 33.2 Å². The molecule has 2 aliphatic heterocycles. The molecule has 0 aliphatic carbocycles. The van der Waals surface area contributed by atoms with Gasteiger partial charge in [0.1, 0.15) is 6.79 Å². The van der Waals surface area contributed by atoms with E-state index >= 15 is 0 Å². The summed E-state index contributed by atoms with van der Waals surface area (Å²) in [6.07, 6.45) is 0.938. The van der Waals surface area contributed by atoms with Crippen LogP contribution in [0.3, 0.4) is 0 Å². The third-order valence-corrected chi connectivity index (χ3v) is 2.08. The molecule has 0 N–H and O–H groups in total. The molecule has 4 heteroatoms. The third kappa shape index (κ3) is 4.04. The maximum Gasteiger partial charge on any atom is 0.165 e. The topological polar surface area (TPSA) is 36.9 Å². The van der Waals surface area contributed by atoms with Crippen molar-refractivity contribution in [1.82, 2.24) is 0 Å². The summed E-state index contributed by atoms with van der Waals surface area (Å²) in [7, 11) is 0. The molecule has 0 aromatic heterocycles. The highest BCUT2D eigenvalue weighted by Gasteiger charge is 2.27. The Hall–Kier alpha value is -0.160. The summed E-state index contributed by atoms with van der Waals surface area (Å²) in [5, 5.41) is 0. The highest BCUT2D eigenvalue weighted by Crippen LogP contribution is 2.21. The lowest BCUT2D eigenvalue weighted by molar-refractivity contribution is -0.143. The minimum atomic E-state index is -0.264. The van der Waals surface area contributed by atoms with E-state index in [2.05, 4.69) is 6.92 Å². The van der Waals surface area contributed by atoms with Gasteiger partial charge in [0, 0.05) is 0 Å². The summed E-state index contributed by atoms with van der Waals surface area (Å²) < 4.78 is 20.0. The van der Waals surface area contributed by atoms with Crippen LogP contribution in [-0.4, -0.2) is 39.0 Å². The molecule has 0 aromatic rings. The van der Waals surface area contributed by atoms with E-state index in [1.165, 1.54) is 0 Å². The molecular weight excluding hydrogens is 172 g/mol. The third-order valence-electron chi connectivity index (χ3n) is 2.08. The molecule has 0 amide bonds. The Morgan fingerprint density at radius 1 is 1.00 bits per heavy atom. The summed E-state index contributed by atoms with van der Waals surface area (Å²) in [6, 6.07) is 0. The van der Waals surface area contributed by atoms with E-state index in [1.54, 1.807) is 0 Å². The van der Waals surface area contributed by atoms with E-state index in [0.717, 1.165) is 32.8 Å². The van der Waals surface area contributed by atoms with Crippen LogP contribution in [0.25, 0.3) is 0 Å². The molecule has 0 radical (unpaired) electrons. The van der Waals surface area contributed by atoms with E-state index in [9.17, 15) is 0 Å². The lowest BCUT2D eigenvalue weighted by Crippen LogP contribution is -2.23. The fourth-order valence-corrected chi connectivity index (χ4v) is 1.06. The van der Waals surface area contributed by atoms with Gasteiger partial charge in [0.25, 0.3) is 0 Å². The van der Waals surface area contributed by atoms with Crippen LogP contribution < -0.4 is 0 Å². The van der Waals surface area contributed by atoms with Gasteiger partial charge in [-0.15, -0.1) is 0 Å². The van der Waals surface area contributed by atoms with Crippen LogP contribution in [0.4, 0.5) is 0 Å². The summed E-state index contributed by atoms with van der Waals surface area (Å²) in [5.41, 5.74) is 0. The van der Waals surface area contributed by atoms with Gasteiger partial charge in [0.05, 0.1) is 26.4 Å². The van der Waals surface area contributed by atoms with Gasteiger partial charge >= 0.3 is 0 Å². The first-order valence-electron chi connectivity index (χ1n) is 4.70. The average molecular weight is 190 g/mol. The molecule has 0 spiro atoms. The molecular formula is C9H18O4. The van der Waals surface area contributed by atoms with Gasteiger partial charge in [0.15, 0.2) is 5.79 Å². The van der Waals surface area contributed by atoms with Crippen molar-refractivity contribution in [3.05, 3.63) is 0 Å². The zero-order chi connectivity index (χ0) is 9.57. The molecule has 2 fully saturated rings. The maximum atomic E-state index is 5.27. The van der Waals surface area contributed by atoms with Crippen molar-refractivity contribution < 1.29 is 18.9 Å². The molecule has 0 saturated carbocycles. The summed E-state index contributed by atoms with van der Waals surface area (Å²) >= 11 is 0. The first-order chi connectivity index (χ1) is 6.27. The van der Waals surface area contributed by atoms with Crippen molar-refractivity contribution in [3.63, 3.8) is 0 Å². The Kier molecular flexibility index (Phi) is 4.66. The molecule has 0 aromatic carbocycles. The van der Waals surface area contributed by atoms with Gasteiger partial charge < -0.3 is 18.9 Å². The number of rotatable bonds is 1. The lowest BCUT2D eigenvalue weighted by atomic mass is 10.2. The van der Waals surface area contributed by atoms with E-state index in [-0.39, 0.29) is 5.79 Å². The van der Waals surface area contributed by atoms with Gasteiger partial charge in [-0.05, 0) is 13.3 Å². The van der Waals surface area contributed by atoms with E-state index in [4.69, 9.17) is 18.9 Å². The molecule has 0 unspecified atom stereocenters. The number of ether oxygens (including phenoxy) is 4. The van der Waals surface area contributed by atoms with Crippen LogP contribution in [0.1, 0.15) is 20.3 Å². The monoisotopic (exact) mass is 190 g/mol. The van der Waals surface area contributed by atoms with Gasteiger partial charge in [-0.1, -0.05) is 6.92 Å². The maximum absolute atomic E-state index is 5.27. The summed E-state index contributed by atoms with van der Waals surface area (Å²) in [4.78, 5) is 0. The number of hydrogen-bond acceptors (Lipinski definition) is 4. The second-order valence-electron chi connectivity index (χ2n) is 3.12. The van der Waals surface area contributed by atoms with Crippen LogP contribution in [0, 0.1) is 0 Å². The van der Waals surface area contributed by atoms with Crippen LogP contribution in [0.2, 0.25) is 0 Å². The van der Waals surface area contributed by atoms with Crippen LogP contribution in [0.15, 0.2) is 0 Å². The zero-order valence-electron chi connectivity index (χ0n) is 8.38. The van der Waals surface area contributed by atoms with Gasteiger partial charge in [-0.25, -0.2) is 0 Å². The first kappa shape index (κ1) is 10.9. The first-order valence-corrected chi connectivity index (χ1v) is 4.70. The highest BCUT2D eigenvalue weighted by molar-refractivity contribution is 4.64. The van der Waals surface area contributed by atoms with Crippen LogP contribution in [0.5, 0.6) is 0 Å². The SMILES string of the molecule is C1COCO1.CCC1(C)OCCO1. The van der Waals surface area contributed by atoms with E-state index in [1.807, 2.05) is 6.92 Å². The second-order valence-corrected chi connectivity index (χ2v) is 3.12. The van der Waals surface area contributed by atoms with Gasteiger partial charge in [0.2, 0.25) is 0 Å². The molecule has 0 atom stereocenters. The molecule has 0 bridgehead atoms. The van der Waals surface area contributed by atoms with Crippen LogP contribution >= 0.6 is 0 Å². The predicted molar refractivity (Wildman–Crippen MR) is 47.4 cm³/mol. The molecule has 78 valence electrons. The fourth-order valence-electron chi connectivity index (χ4n) is 1.06. The average Bonchev–Trinajstić information content (AvgIpc) is 2.77. The highest BCUT2D eigenvalue weighted by atomic mass is 16.7. The molecule has 13 heavy (non-hydrogen) atoms. The molecule has 4 nitrogen and oxygen atoms in total. The van der Waals surface area contributed by atoms with E-state index < -0.39 is 0 Å². The van der Waals surface area contributed by atoms with Crippen molar-refractivity contribution in [2.24, 2.45) is 0 Å².